The number of nitrogens with two attached hydrogens (primary N) is 1. The van der Waals surface area contributed by atoms with Gasteiger partial charge in [-0.15, -0.1) is 0 Å². The number of anilines is 1. The van der Waals surface area contributed by atoms with Crippen molar-refractivity contribution in [2.75, 3.05) is 11.9 Å². The Morgan fingerprint density at radius 3 is 2.91 bits per heavy atom. The van der Waals surface area contributed by atoms with Crippen molar-refractivity contribution >= 4 is 11.7 Å². The van der Waals surface area contributed by atoms with E-state index < -0.39 is 6.03 Å². The highest BCUT2D eigenvalue weighted by molar-refractivity contribution is 5.89. The van der Waals surface area contributed by atoms with Gasteiger partial charge in [0.15, 0.2) is 0 Å². The van der Waals surface area contributed by atoms with Gasteiger partial charge in [-0.05, 0) is 18.2 Å². The van der Waals surface area contributed by atoms with Gasteiger partial charge in [-0.25, -0.2) is 4.79 Å². The fourth-order valence-electron chi connectivity index (χ4n) is 0.720. The average Bonchev–Trinajstić information content (AvgIpc) is 2.05. The van der Waals surface area contributed by atoms with Crippen LogP contribution in [0.25, 0.3) is 0 Å². The topological polar surface area (TPSA) is 46.3 Å². The highest BCUT2D eigenvalue weighted by Crippen LogP contribution is 2.09. The summed E-state index contributed by atoms with van der Waals surface area (Å²) in [4.78, 5) is 12.0. The average molecular weight is 149 g/mol. The van der Waals surface area contributed by atoms with Crippen LogP contribution in [0, 0.1) is 6.07 Å². The Bertz CT molecular complexity index is 246. The molecule has 0 spiro atoms. The maximum absolute atomic E-state index is 10.6. The zero-order valence-electron chi connectivity index (χ0n) is 6.24. The van der Waals surface area contributed by atoms with E-state index in [4.69, 9.17) is 5.73 Å². The van der Waals surface area contributed by atoms with Crippen LogP contribution in [0.3, 0.4) is 0 Å². The van der Waals surface area contributed by atoms with Crippen LogP contribution in [-0.4, -0.2) is 13.1 Å². The Balaban J connectivity index is 2.85. The third kappa shape index (κ3) is 1.70. The summed E-state index contributed by atoms with van der Waals surface area (Å²) in [5.41, 5.74) is 5.79. The van der Waals surface area contributed by atoms with Crippen molar-refractivity contribution in [1.82, 2.24) is 0 Å². The van der Waals surface area contributed by atoms with Crippen molar-refractivity contribution in [3.8, 4) is 0 Å². The maximum Gasteiger partial charge on any atom is 0.318 e. The van der Waals surface area contributed by atoms with E-state index in [1.165, 1.54) is 4.90 Å². The fourth-order valence-corrected chi connectivity index (χ4v) is 0.720. The molecule has 11 heavy (non-hydrogen) atoms. The Kier molecular flexibility index (Phi) is 2.11. The minimum absolute atomic E-state index is 0.468. The summed E-state index contributed by atoms with van der Waals surface area (Å²) in [5.74, 6) is 0. The van der Waals surface area contributed by atoms with Gasteiger partial charge in [0, 0.05) is 12.7 Å². The van der Waals surface area contributed by atoms with E-state index in [9.17, 15) is 4.79 Å². The molecule has 0 aliphatic carbocycles. The van der Waals surface area contributed by atoms with E-state index in [1.807, 2.05) is 0 Å². The molecule has 0 fully saturated rings. The molecule has 0 atom stereocenters. The molecule has 0 saturated carbocycles. The summed E-state index contributed by atoms with van der Waals surface area (Å²) >= 11 is 0. The second-order valence-corrected chi connectivity index (χ2v) is 2.16. The first-order chi connectivity index (χ1) is 5.22. The SMILES string of the molecule is CN(C(N)=O)c1c[c]ccc1. The van der Waals surface area contributed by atoms with E-state index in [1.54, 1.807) is 31.3 Å². The number of carbonyl (C=O) groups is 1. The molecule has 1 aromatic rings. The molecule has 57 valence electrons. The van der Waals surface area contributed by atoms with Gasteiger partial charge in [-0.3, -0.25) is 4.90 Å². The highest BCUT2D eigenvalue weighted by Gasteiger charge is 2.03. The molecule has 3 heteroatoms. The molecular formula is C8H9N2O. The smallest absolute Gasteiger partial charge is 0.318 e. The Labute approximate surface area is 65.4 Å². The van der Waals surface area contributed by atoms with Crippen LogP contribution in [0.5, 0.6) is 0 Å². The van der Waals surface area contributed by atoms with Gasteiger partial charge in [0.05, 0.1) is 0 Å². The Morgan fingerprint density at radius 2 is 2.45 bits per heavy atom. The van der Waals surface area contributed by atoms with Gasteiger partial charge in [-0.1, -0.05) is 12.1 Å². The number of carbonyl (C=O) groups excluding carboxylic acids is 1. The maximum atomic E-state index is 10.6. The summed E-state index contributed by atoms with van der Waals surface area (Å²) < 4.78 is 0. The van der Waals surface area contributed by atoms with Gasteiger partial charge >= 0.3 is 6.03 Å². The van der Waals surface area contributed by atoms with Gasteiger partial charge in [0.25, 0.3) is 0 Å². The normalized spacial score (nSPS) is 9.18. The van der Waals surface area contributed by atoms with Gasteiger partial charge in [0.1, 0.15) is 0 Å². The molecule has 0 aliphatic heterocycles. The zero-order valence-corrected chi connectivity index (χ0v) is 6.24. The third-order valence-electron chi connectivity index (χ3n) is 1.41. The molecule has 0 saturated heterocycles. The van der Waals surface area contributed by atoms with Crippen molar-refractivity contribution < 1.29 is 4.79 Å². The van der Waals surface area contributed by atoms with Crippen molar-refractivity contribution in [1.29, 1.82) is 0 Å². The zero-order chi connectivity index (χ0) is 8.27. The molecule has 1 radical (unpaired) electrons. The van der Waals surface area contributed by atoms with Crippen LogP contribution in [0.4, 0.5) is 10.5 Å². The lowest BCUT2D eigenvalue weighted by molar-refractivity contribution is 0.255. The van der Waals surface area contributed by atoms with E-state index in [-0.39, 0.29) is 0 Å². The van der Waals surface area contributed by atoms with Crippen LogP contribution >= 0.6 is 0 Å². The molecule has 1 rings (SSSR count). The van der Waals surface area contributed by atoms with Crippen molar-refractivity contribution in [3.63, 3.8) is 0 Å². The summed E-state index contributed by atoms with van der Waals surface area (Å²) in [5, 5.41) is 0. The highest BCUT2D eigenvalue weighted by atomic mass is 16.2. The molecule has 0 aromatic heterocycles. The van der Waals surface area contributed by atoms with Gasteiger partial charge in [0.2, 0.25) is 0 Å². The molecule has 2 amide bonds. The lowest BCUT2D eigenvalue weighted by Crippen LogP contribution is -2.31. The number of hydrogen-bond donors (Lipinski definition) is 1. The van der Waals surface area contributed by atoms with E-state index >= 15 is 0 Å². The van der Waals surface area contributed by atoms with E-state index in [2.05, 4.69) is 6.07 Å². The first kappa shape index (κ1) is 7.60. The lowest BCUT2D eigenvalue weighted by atomic mass is 10.3. The van der Waals surface area contributed by atoms with E-state index in [0.29, 0.717) is 0 Å². The minimum Gasteiger partial charge on any atom is -0.351 e. The molecule has 0 unspecified atom stereocenters. The number of rotatable bonds is 1. The number of nitrogens with zero attached hydrogens (tertiary/aromatic N) is 1. The second-order valence-electron chi connectivity index (χ2n) is 2.16. The molecular weight excluding hydrogens is 140 g/mol. The van der Waals surface area contributed by atoms with Crippen molar-refractivity contribution in [2.45, 2.75) is 0 Å². The molecule has 3 nitrogen and oxygen atoms in total. The lowest BCUT2D eigenvalue weighted by Gasteiger charge is -2.12. The molecule has 1 aromatic carbocycles. The first-order valence-electron chi connectivity index (χ1n) is 3.21. The van der Waals surface area contributed by atoms with Gasteiger partial charge < -0.3 is 5.73 Å². The summed E-state index contributed by atoms with van der Waals surface area (Å²) in [6.07, 6.45) is 0. The third-order valence-corrected chi connectivity index (χ3v) is 1.41. The monoisotopic (exact) mass is 149 g/mol. The molecule has 0 bridgehead atoms. The first-order valence-corrected chi connectivity index (χ1v) is 3.21. The molecule has 2 N–H and O–H groups in total. The van der Waals surface area contributed by atoms with Crippen LogP contribution in [-0.2, 0) is 0 Å². The number of amides is 2. The van der Waals surface area contributed by atoms with E-state index in [0.717, 1.165) is 5.69 Å². The Hall–Kier alpha value is -1.51. The van der Waals surface area contributed by atoms with Crippen molar-refractivity contribution in [2.24, 2.45) is 5.73 Å². The Morgan fingerprint density at radius 1 is 1.73 bits per heavy atom. The number of hydrogen-bond acceptors (Lipinski definition) is 1. The quantitative estimate of drug-likeness (QED) is 0.636. The largest absolute Gasteiger partial charge is 0.351 e. The number of benzene rings is 1. The standard InChI is InChI=1S/C8H9N2O/c1-10(8(9)11)7-5-3-2-4-6-7/h2-3,5-6H,1H3,(H2,9,11). The number of primary amides is 1. The summed E-state index contributed by atoms with van der Waals surface area (Å²) in [6.45, 7) is 0. The minimum atomic E-state index is -0.468. The van der Waals surface area contributed by atoms with Gasteiger partial charge in [-0.2, -0.15) is 0 Å². The fraction of sp³-hybridized carbons (Fsp3) is 0.125. The van der Waals surface area contributed by atoms with Crippen LogP contribution in [0.15, 0.2) is 24.3 Å². The van der Waals surface area contributed by atoms with Crippen molar-refractivity contribution in [3.05, 3.63) is 30.3 Å². The predicted molar refractivity (Wildman–Crippen MR) is 43.3 cm³/mol. The summed E-state index contributed by atoms with van der Waals surface area (Å²) in [7, 11) is 1.62. The van der Waals surface area contributed by atoms with Crippen LogP contribution in [0.2, 0.25) is 0 Å². The molecule has 0 heterocycles. The second kappa shape index (κ2) is 3.05. The summed E-state index contributed by atoms with van der Waals surface area (Å²) in [6, 6.07) is 9.43. The van der Waals surface area contributed by atoms with Crippen LogP contribution in [0.1, 0.15) is 0 Å². The van der Waals surface area contributed by atoms with Crippen LogP contribution < -0.4 is 10.6 Å². The number of urea groups is 1. The molecule has 0 aliphatic rings. The predicted octanol–water partition coefficient (Wildman–Crippen LogP) is 1.00.